The second-order valence-electron chi connectivity index (χ2n) is 7.81. The summed E-state index contributed by atoms with van der Waals surface area (Å²) in [7, 11) is 0. The van der Waals surface area contributed by atoms with Crippen molar-refractivity contribution in [3.8, 4) is 11.1 Å². The quantitative estimate of drug-likeness (QED) is 0.553. The molecule has 2 N–H and O–H groups in total. The molecule has 1 aliphatic rings. The standard InChI is InChI=1S/C26H24N2O5/c29-24(28(16-25(30)31)15-18-8-2-1-3-9-18)14-27-26(32)33-17-23-21-12-6-4-10-19(21)20-11-5-7-13-22(20)23/h1-13,23H,14-17H2,(H,27,32)(H,30,31). The minimum Gasteiger partial charge on any atom is -0.480 e. The van der Waals surface area contributed by atoms with E-state index in [-0.39, 0.29) is 25.6 Å². The summed E-state index contributed by atoms with van der Waals surface area (Å²) in [5.41, 5.74) is 5.24. The first kappa shape index (κ1) is 22.1. The van der Waals surface area contributed by atoms with Gasteiger partial charge >= 0.3 is 12.1 Å². The number of hydrogen-bond acceptors (Lipinski definition) is 4. The predicted octanol–water partition coefficient (Wildman–Crippen LogP) is 3.64. The van der Waals surface area contributed by atoms with E-state index in [1.54, 1.807) is 12.1 Å². The molecular formula is C26H24N2O5. The van der Waals surface area contributed by atoms with E-state index in [0.29, 0.717) is 0 Å². The fourth-order valence-corrected chi connectivity index (χ4v) is 4.11. The fraction of sp³-hybridized carbons (Fsp3) is 0.192. The van der Waals surface area contributed by atoms with Crippen LogP contribution in [0.2, 0.25) is 0 Å². The van der Waals surface area contributed by atoms with Gasteiger partial charge < -0.3 is 20.1 Å². The molecule has 0 radical (unpaired) electrons. The van der Waals surface area contributed by atoms with E-state index in [2.05, 4.69) is 17.4 Å². The number of nitrogens with one attached hydrogen (secondary N) is 1. The summed E-state index contributed by atoms with van der Waals surface area (Å²) in [5.74, 6) is -1.71. The molecule has 33 heavy (non-hydrogen) atoms. The summed E-state index contributed by atoms with van der Waals surface area (Å²) >= 11 is 0. The van der Waals surface area contributed by atoms with E-state index in [1.807, 2.05) is 54.6 Å². The molecule has 168 valence electrons. The number of carbonyl (C=O) groups is 3. The molecule has 0 saturated carbocycles. The zero-order chi connectivity index (χ0) is 23.2. The van der Waals surface area contributed by atoms with Crippen molar-refractivity contribution < 1.29 is 24.2 Å². The molecular weight excluding hydrogens is 420 g/mol. The number of carbonyl (C=O) groups excluding carboxylic acids is 2. The van der Waals surface area contributed by atoms with Gasteiger partial charge in [-0.25, -0.2) is 4.79 Å². The maximum absolute atomic E-state index is 12.6. The first-order valence-corrected chi connectivity index (χ1v) is 10.7. The van der Waals surface area contributed by atoms with Gasteiger partial charge in [-0.2, -0.15) is 0 Å². The van der Waals surface area contributed by atoms with Crippen molar-refractivity contribution in [2.45, 2.75) is 12.5 Å². The van der Waals surface area contributed by atoms with Gasteiger partial charge in [-0.1, -0.05) is 78.9 Å². The first-order chi connectivity index (χ1) is 16.0. The Morgan fingerprint density at radius 1 is 0.848 bits per heavy atom. The maximum Gasteiger partial charge on any atom is 0.407 e. The number of amides is 2. The molecule has 1 aliphatic carbocycles. The van der Waals surface area contributed by atoms with Crippen LogP contribution in [-0.2, 0) is 20.9 Å². The number of aliphatic carboxylic acids is 1. The molecule has 0 heterocycles. The van der Waals surface area contributed by atoms with Crippen LogP contribution in [0.5, 0.6) is 0 Å². The smallest absolute Gasteiger partial charge is 0.407 e. The molecule has 0 unspecified atom stereocenters. The maximum atomic E-state index is 12.6. The summed E-state index contributed by atoms with van der Waals surface area (Å²) in [4.78, 5) is 37.2. The third kappa shape index (κ3) is 5.20. The Kier molecular flexibility index (Phi) is 6.69. The van der Waals surface area contributed by atoms with E-state index < -0.39 is 24.5 Å². The Morgan fingerprint density at radius 2 is 1.42 bits per heavy atom. The van der Waals surface area contributed by atoms with Gasteiger partial charge in [0.1, 0.15) is 19.7 Å². The molecule has 0 aromatic heterocycles. The van der Waals surface area contributed by atoms with Crippen molar-refractivity contribution in [1.82, 2.24) is 10.2 Å². The minimum absolute atomic E-state index is 0.0829. The molecule has 0 spiro atoms. The molecule has 3 aromatic rings. The molecule has 0 atom stereocenters. The average Bonchev–Trinajstić information content (AvgIpc) is 3.15. The number of hydrogen-bond donors (Lipinski definition) is 2. The molecule has 7 nitrogen and oxygen atoms in total. The van der Waals surface area contributed by atoms with Gasteiger partial charge in [0.15, 0.2) is 0 Å². The third-order valence-electron chi connectivity index (χ3n) is 5.62. The molecule has 3 aromatic carbocycles. The van der Waals surface area contributed by atoms with Crippen molar-refractivity contribution >= 4 is 18.0 Å². The molecule has 2 amide bonds. The normalized spacial score (nSPS) is 11.9. The third-order valence-corrected chi connectivity index (χ3v) is 5.62. The highest BCUT2D eigenvalue weighted by Gasteiger charge is 2.29. The number of carboxylic acids is 1. The van der Waals surface area contributed by atoms with Crippen molar-refractivity contribution in [3.05, 3.63) is 95.6 Å². The monoisotopic (exact) mass is 444 g/mol. The summed E-state index contributed by atoms with van der Waals surface area (Å²) in [6.45, 7) is -0.536. The highest BCUT2D eigenvalue weighted by atomic mass is 16.5. The number of benzene rings is 3. The molecule has 4 rings (SSSR count). The van der Waals surface area contributed by atoms with Gasteiger partial charge in [0.2, 0.25) is 5.91 Å². The zero-order valence-corrected chi connectivity index (χ0v) is 17.9. The number of nitrogens with zero attached hydrogens (tertiary/aromatic N) is 1. The van der Waals surface area contributed by atoms with E-state index >= 15 is 0 Å². The number of fused-ring (bicyclic) bond motifs is 3. The van der Waals surface area contributed by atoms with Crippen LogP contribution >= 0.6 is 0 Å². The fourth-order valence-electron chi connectivity index (χ4n) is 4.11. The molecule has 0 fully saturated rings. The van der Waals surface area contributed by atoms with Crippen molar-refractivity contribution in [2.24, 2.45) is 0 Å². The van der Waals surface area contributed by atoms with Gasteiger partial charge in [0, 0.05) is 12.5 Å². The van der Waals surface area contributed by atoms with Crippen LogP contribution in [0.25, 0.3) is 11.1 Å². The van der Waals surface area contributed by atoms with Gasteiger partial charge in [-0.05, 0) is 27.8 Å². The first-order valence-electron chi connectivity index (χ1n) is 10.7. The Hall–Kier alpha value is -4.13. The van der Waals surface area contributed by atoms with Crippen LogP contribution in [0.15, 0.2) is 78.9 Å². The number of alkyl carbamates (subject to hydrolysis) is 1. The van der Waals surface area contributed by atoms with Gasteiger partial charge in [0.25, 0.3) is 0 Å². The SMILES string of the molecule is O=C(O)CN(Cc1ccccc1)C(=O)CNC(=O)OCC1c2ccccc2-c2ccccc21. The van der Waals surface area contributed by atoms with E-state index in [9.17, 15) is 14.4 Å². The van der Waals surface area contributed by atoms with Crippen LogP contribution in [0.4, 0.5) is 4.79 Å². The summed E-state index contributed by atoms with van der Waals surface area (Å²) in [6.07, 6.45) is -0.722. The van der Waals surface area contributed by atoms with Gasteiger partial charge in [-0.15, -0.1) is 0 Å². The van der Waals surface area contributed by atoms with Crippen molar-refractivity contribution in [1.29, 1.82) is 0 Å². The Bertz CT molecular complexity index is 1120. The second kappa shape index (κ2) is 9.99. The predicted molar refractivity (Wildman–Crippen MR) is 123 cm³/mol. The van der Waals surface area contributed by atoms with Crippen LogP contribution < -0.4 is 5.32 Å². The summed E-state index contributed by atoms with van der Waals surface area (Å²) < 4.78 is 5.43. The van der Waals surface area contributed by atoms with Crippen LogP contribution in [0.3, 0.4) is 0 Å². The topological polar surface area (TPSA) is 95.9 Å². The van der Waals surface area contributed by atoms with Gasteiger partial charge in [0.05, 0.1) is 0 Å². The van der Waals surface area contributed by atoms with Crippen molar-refractivity contribution in [2.75, 3.05) is 19.7 Å². The van der Waals surface area contributed by atoms with Crippen LogP contribution in [0, 0.1) is 0 Å². The molecule has 0 bridgehead atoms. The number of ether oxygens (including phenoxy) is 1. The lowest BCUT2D eigenvalue weighted by Crippen LogP contribution is -2.42. The lowest BCUT2D eigenvalue weighted by molar-refractivity contribution is -0.144. The number of rotatable bonds is 8. The number of carboxylic acid groups (broad SMARTS) is 1. The Balaban J connectivity index is 1.34. The van der Waals surface area contributed by atoms with Crippen molar-refractivity contribution in [3.63, 3.8) is 0 Å². The van der Waals surface area contributed by atoms with Gasteiger partial charge in [-0.3, -0.25) is 9.59 Å². The molecule has 0 aliphatic heterocycles. The van der Waals surface area contributed by atoms with Crippen LogP contribution in [-0.4, -0.2) is 47.7 Å². The summed E-state index contributed by atoms with van der Waals surface area (Å²) in [5, 5.41) is 11.6. The lowest BCUT2D eigenvalue weighted by Gasteiger charge is -2.21. The Morgan fingerprint density at radius 3 is 2.03 bits per heavy atom. The highest BCUT2D eigenvalue weighted by molar-refractivity contribution is 5.85. The Labute approximate surface area is 191 Å². The molecule has 7 heteroatoms. The van der Waals surface area contributed by atoms with E-state index in [4.69, 9.17) is 9.84 Å². The zero-order valence-electron chi connectivity index (χ0n) is 17.9. The largest absolute Gasteiger partial charge is 0.480 e. The van der Waals surface area contributed by atoms with E-state index in [0.717, 1.165) is 27.8 Å². The van der Waals surface area contributed by atoms with E-state index in [1.165, 1.54) is 4.90 Å². The summed E-state index contributed by atoms with van der Waals surface area (Å²) in [6, 6.07) is 25.1. The second-order valence-corrected chi connectivity index (χ2v) is 7.81. The lowest BCUT2D eigenvalue weighted by atomic mass is 9.98. The average molecular weight is 444 g/mol. The highest BCUT2D eigenvalue weighted by Crippen LogP contribution is 2.44. The van der Waals surface area contributed by atoms with Crippen LogP contribution in [0.1, 0.15) is 22.6 Å². The minimum atomic E-state index is -1.12. The molecule has 0 saturated heterocycles.